The smallest absolute Gasteiger partial charge is 0.233 e. The molecule has 2 rings (SSSR count). The van der Waals surface area contributed by atoms with E-state index in [9.17, 15) is 14.4 Å². The minimum Gasteiger partial charge on any atom is -0.359 e. The molecule has 1 fully saturated rings. The molecule has 98 valence electrons. The topological polar surface area (TPSA) is 66.5 Å². The summed E-state index contributed by atoms with van der Waals surface area (Å²) in [5.41, 5.74) is 0. The second kappa shape index (κ2) is 5.33. The van der Waals surface area contributed by atoms with Gasteiger partial charge in [0.15, 0.2) is 0 Å². The number of hydrogen-bond acceptors (Lipinski definition) is 3. The van der Waals surface area contributed by atoms with Crippen LogP contribution in [0.25, 0.3) is 0 Å². The van der Waals surface area contributed by atoms with Crippen LogP contribution in [0.2, 0.25) is 0 Å². The van der Waals surface area contributed by atoms with Gasteiger partial charge in [0.05, 0.1) is 11.8 Å². The van der Waals surface area contributed by atoms with Crippen LogP contribution in [0.1, 0.15) is 25.7 Å². The van der Waals surface area contributed by atoms with Gasteiger partial charge in [-0.15, -0.1) is 0 Å². The maximum absolute atomic E-state index is 12.1. The van der Waals surface area contributed by atoms with E-state index < -0.39 is 0 Å². The van der Waals surface area contributed by atoms with Gasteiger partial charge in [0.25, 0.3) is 0 Å². The Morgan fingerprint density at radius 1 is 1.28 bits per heavy atom. The maximum Gasteiger partial charge on any atom is 0.233 e. The van der Waals surface area contributed by atoms with Crippen LogP contribution in [0.4, 0.5) is 0 Å². The Balaban J connectivity index is 1.92. The van der Waals surface area contributed by atoms with Crippen LogP contribution in [0.5, 0.6) is 0 Å². The fourth-order valence-electron chi connectivity index (χ4n) is 2.61. The number of carbonyl (C=O) groups excluding carboxylic acids is 3. The number of nitrogens with zero attached hydrogens (tertiary/aromatic N) is 1. The van der Waals surface area contributed by atoms with E-state index in [1.54, 1.807) is 7.05 Å². The van der Waals surface area contributed by atoms with Crippen molar-refractivity contribution in [3.05, 3.63) is 12.2 Å². The lowest BCUT2D eigenvalue weighted by Gasteiger charge is -2.14. The number of carbonyl (C=O) groups is 3. The number of amides is 3. The van der Waals surface area contributed by atoms with E-state index in [0.717, 1.165) is 0 Å². The van der Waals surface area contributed by atoms with Gasteiger partial charge in [0, 0.05) is 20.0 Å². The highest BCUT2D eigenvalue weighted by atomic mass is 16.2. The molecule has 2 atom stereocenters. The summed E-state index contributed by atoms with van der Waals surface area (Å²) in [5.74, 6) is -0.518. The second-order valence-electron chi connectivity index (χ2n) is 4.76. The van der Waals surface area contributed by atoms with Crippen molar-refractivity contribution in [3.8, 4) is 0 Å². The molecule has 1 aliphatic carbocycles. The molecule has 5 heteroatoms. The monoisotopic (exact) mass is 250 g/mol. The second-order valence-corrected chi connectivity index (χ2v) is 4.76. The summed E-state index contributed by atoms with van der Waals surface area (Å²) < 4.78 is 0. The highest BCUT2D eigenvalue weighted by Gasteiger charge is 2.46. The van der Waals surface area contributed by atoms with E-state index in [4.69, 9.17) is 0 Å². The minimum absolute atomic E-state index is 0.0619. The van der Waals surface area contributed by atoms with Crippen molar-refractivity contribution in [1.82, 2.24) is 10.2 Å². The molecule has 0 aromatic rings. The number of hydrogen-bond donors (Lipinski definition) is 1. The molecule has 1 N–H and O–H groups in total. The zero-order valence-corrected chi connectivity index (χ0v) is 10.5. The molecule has 0 spiro atoms. The van der Waals surface area contributed by atoms with E-state index in [1.165, 1.54) is 4.90 Å². The highest BCUT2D eigenvalue weighted by Crippen LogP contribution is 2.34. The maximum atomic E-state index is 12.1. The van der Waals surface area contributed by atoms with Crippen molar-refractivity contribution in [3.63, 3.8) is 0 Å². The van der Waals surface area contributed by atoms with Crippen LogP contribution >= 0.6 is 0 Å². The predicted molar refractivity (Wildman–Crippen MR) is 65.4 cm³/mol. The Kier molecular flexibility index (Phi) is 3.79. The number of likely N-dealkylation sites (tertiary alicyclic amines) is 1. The van der Waals surface area contributed by atoms with E-state index in [-0.39, 0.29) is 29.6 Å². The SMILES string of the molecule is CNC(=O)CCCN1C(=O)[C@H]2CC=CC[C@H]2C1=O. The number of rotatable bonds is 4. The molecule has 0 aromatic carbocycles. The Morgan fingerprint density at radius 3 is 2.33 bits per heavy atom. The van der Waals surface area contributed by atoms with Gasteiger partial charge in [-0.05, 0) is 19.3 Å². The van der Waals surface area contributed by atoms with Crippen LogP contribution in [0.3, 0.4) is 0 Å². The standard InChI is InChI=1S/C13H18N2O3/c1-14-11(16)7-4-8-15-12(17)9-5-2-3-6-10(9)13(15)18/h2-3,9-10H,4-8H2,1H3,(H,14,16)/t9-,10+. The molecule has 0 radical (unpaired) electrons. The molecular formula is C13H18N2O3. The Hall–Kier alpha value is -1.65. The van der Waals surface area contributed by atoms with Gasteiger partial charge >= 0.3 is 0 Å². The molecule has 1 aliphatic heterocycles. The van der Waals surface area contributed by atoms with Crippen molar-refractivity contribution < 1.29 is 14.4 Å². The van der Waals surface area contributed by atoms with Crippen LogP contribution in [0, 0.1) is 11.8 Å². The van der Waals surface area contributed by atoms with Gasteiger partial charge in [-0.1, -0.05) is 12.2 Å². The fraction of sp³-hybridized carbons (Fsp3) is 0.615. The Bertz CT molecular complexity index is 377. The minimum atomic E-state index is -0.164. The van der Waals surface area contributed by atoms with Crippen molar-refractivity contribution in [1.29, 1.82) is 0 Å². The summed E-state index contributed by atoms with van der Waals surface area (Å²) in [7, 11) is 1.58. The zero-order chi connectivity index (χ0) is 13.1. The van der Waals surface area contributed by atoms with Crippen LogP contribution in [-0.4, -0.2) is 36.2 Å². The molecular weight excluding hydrogens is 232 g/mol. The molecule has 0 bridgehead atoms. The van der Waals surface area contributed by atoms with E-state index in [0.29, 0.717) is 32.2 Å². The van der Waals surface area contributed by atoms with Crippen molar-refractivity contribution >= 4 is 17.7 Å². The first-order valence-corrected chi connectivity index (χ1v) is 6.36. The molecule has 1 saturated heterocycles. The highest BCUT2D eigenvalue weighted by molar-refractivity contribution is 6.05. The lowest BCUT2D eigenvalue weighted by Crippen LogP contribution is -2.32. The van der Waals surface area contributed by atoms with Gasteiger partial charge in [-0.3, -0.25) is 19.3 Å². The molecule has 1 heterocycles. The third kappa shape index (κ3) is 2.30. The average Bonchev–Trinajstić information content (AvgIpc) is 2.64. The number of allylic oxidation sites excluding steroid dienone is 2. The lowest BCUT2D eigenvalue weighted by molar-refractivity contribution is -0.140. The molecule has 0 unspecified atom stereocenters. The largest absolute Gasteiger partial charge is 0.359 e. The summed E-state index contributed by atoms with van der Waals surface area (Å²) in [6, 6.07) is 0. The summed E-state index contributed by atoms with van der Waals surface area (Å²) in [6.07, 6.45) is 6.16. The van der Waals surface area contributed by atoms with Crippen LogP contribution in [-0.2, 0) is 14.4 Å². The molecule has 0 saturated carbocycles. The summed E-state index contributed by atoms with van der Waals surface area (Å²) in [6.45, 7) is 0.359. The van der Waals surface area contributed by atoms with Crippen molar-refractivity contribution in [2.24, 2.45) is 11.8 Å². The van der Waals surface area contributed by atoms with Crippen molar-refractivity contribution in [2.75, 3.05) is 13.6 Å². The zero-order valence-electron chi connectivity index (χ0n) is 10.5. The molecule has 18 heavy (non-hydrogen) atoms. The molecule has 0 aromatic heterocycles. The van der Waals surface area contributed by atoms with Crippen LogP contribution in [0.15, 0.2) is 12.2 Å². The van der Waals surface area contributed by atoms with E-state index in [1.807, 2.05) is 12.2 Å². The van der Waals surface area contributed by atoms with E-state index >= 15 is 0 Å². The van der Waals surface area contributed by atoms with Gasteiger partial charge in [-0.2, -0.15) is 0 Å². The number of fused-ring (bicyclic) bond motifs is 1. The summed E-state index contributed by atoms with van der Waals surface area (Å²) >= 11 is 0. The molecule has 5 nitrogen and oxygen atoms in total. The summed E-state index contributed by atoms with van der Waals surface area (Å²) in [5, 5.41) is 2.53. The Morgan fingerprint density at radius 2 is 1.83 bits per heavy atom. The first kappa shape index (κ1) is 12.8. The molecule has 2 aliphatic rings. The van der Waals surface area contributed by atoms with E-state index in [2.05, 4.69) is 5.32 Å². The third-order valence-corrected chi connectivity index (χ3v) is 3.66. The summed E-state index contributed by atoms with van der Waals surface area (Å²) in [4.78, 5) is 36.6. The lowest BCUT2D eigenvalue weighted by atomic mass is 9.85. The first-order valence-electron chi connectivity index (χ1n) is 6.36. The van der Waals surface area contributed by atoms with Crippen LogP contribution < -0.4 is 5.32 Å². The molecule has 3 amide bonds. The van der Waals surface area contributed by atoms with Gasteiger partial charge in [0.1, 0.15) is 0 Å². The average molecular weight is 250 g/mol. The van der Waals surface area contributed by atoms with Gasteiger partial charge in [-0.25, -0.2) is 0 Å². The quantitative estimate of drug-likeness (QED) is 0.582. The van der Waals surface area contributed by atoms with Gasteiger partial charge < -0.3 is 5.32 Å². The first-order chi connectivity index (χ1) is 8.65. The normalized spacial score (nSPS) is 26.4. The number of nitrogens with one attached hydrogen (secondary N) is 1. The van der Waals surface area contributed by atoms with Gasteiger partial charge in [0.2, 0.25) is 17.7 Å². The predicted octanol–water partition coefficient (Wildman–Crippen LogP) is 0.464. The fourth-order valence-corrected chi connectivity index (χ4v) is 2.61. The van der Waals surface area contributed by atoms with Crippen molar-refractivity contribution in [2.45, 2.75) is 25.7 Å². The Labute approximate surface area is 106 Å². The third-order valence-electron chi connectivity index (χ3n) is 3.66. The number of imide groups is 1.